The molecule has 0 unspecified atom stereocenters. The Kier molecular flexibility index (Phi) is 1.99. The minimum absolute atomic E-state index is 0.115. The molecular formula is C17H10O3. The van der Waals surface area contributed by atoms with Crippen LogP contribution >= 0.6 is 0 Å². The first-order chi connectivity index (χ1) is 9.65. The Hall–Kier alpha value is -2.81. The zero-order valence-electron chi connectivity index (χ0n) is 10.4. The van der Waals surface area contributed by atoms with Crippen LogP contribution in [0.3, 0.4) is 0 Å². The number of phenolic OH excluding ortho intramolecular Hbond substituents is 2. The van der Waals surface area contributed by atoms with Gasteiger partial charge in [-0.1, -0.05) is 24.3 Å². The summed E-state index contributed by atoms with van der Waals surface area (Å²) in [4.78, 5) is 12.4. The first-order valence-electron chi connectivity index (χ1n) is 6.29. The molecule has 1 aliphatic carbocycles. The number of benzene rings is 3. The molecule has 0 saturated heterocycles. The van der Waals surface area contributed by atoms with Crippen LogP contribution < -0.4 is 0 Å². The number of carbonyl (C=O) groups is 1. The van der Waals surface area contributed by atoms with Crippen molar-refractivity contribution in [2.75, 3.05) is 0 Å². The number of rotatable bonds is 0. The third-order valence-electron chi connectivity index (χ3n) is 3.78. The van der Waals surface area contributed by atoms with Gasteiger partial charge in [0.2, 0.25) is 0 Å². The summed E-state index contributed by atoms with van der Waals surface area (Å²) < 4.78 is 0. The van der Waals surface area contributed by atoms with Gasteiger partial charge in [0.15, 0.2) is 17.3 Å². The molecule has 3 nitrogen and oxygen atoms in total. The molecule has 3 heteroatoms. The number of hydrogen-bond donors (Lipinski definition) is 2. The van der Waals surface area contributed by atoms with E-state index in [9.17, 15) is 15.0 Å². The lowest BCUT2D eigenvalue weighted by Gasteiger charge is -2.04. The van der Waals surface area contributed by atoms with Gasteiger partial charge >= 0.3 is 0 Å². The van der Waals surface area contributed by atoms with Crippen molar-refractivity contribution in [3.8, 4) is 22.6 Å². The van der Waals surface area contributed by atoms with Gasteiger partial charge in [0, 0.05) is 11.1 Å². The van der Waals surface area contributed by atoms with Crippen molar-refractivity contribution in [3.63, 3.8) is 0 Å². The molecule has 0 saturated carbocycles. The lowest BCUT2D eigenvalue weighted by atomic mass is 10.0. The van der Waals surface area contributed by atoms with E-state index in [0.717, 1.165) is 16.3 Å². The molecule has 2 N–H and O–H groups in total. The topological polar surface area (TPSA) is 57.5 Å². The summed E-state index contributed by atoms with van der Waals surface area (Å²) in [6.45, 7) is 0. The van der Waals surface area contributed by atoms with Gasteiger partial charge in [-0.15, -0.1) is 0 Å². The number of hydrogen-bond acceptors (Lipinski definition) is 3. The normalized spacial score (nSPS) is 12.5. The molecule has 0 heterocycles. The molecule has 0 atom stereocenters. The van der Waals surface area contributed by atoms with Crippen molar-refractivity contribution >= 4 is 16.6 Å². The fraction of sp³-hybridized carbons (Fsp3) is 0. The predicted molar refractivity (Wildman–Crippen MR) is 76.1 cm³/mol. The Balaban J connectivity index is 2.10. The van der Waals surface area contributed by atoms with E-state index in [1.54, 1.807) is 0 Å². The molecule has 3 aromatic carbocycles. The molecule has 1 aliphatic rings. The second-order valence-corrected chi connectivity index (χ2v) is 4.96. The van der Waals surface area contributed by atoms with Crippen LogP contribution in [0.15, 0.2) is 48.5 Å². The van der Waals surface area contributed by atoms with E-state index in [4.69, 9.17) is 0 Å². The first-order valence-corrected chi connectivity index (χ1v) is 6.29. The van der Waals surface area contributed by atoms with Gasteiger partial charge in [0.1, 0.15) is 0 Å². The average molecular weight is 262 g/mol. The summed E-state index contributed by atoms with van der Waals surface area (Å²) in [7, 11) is 0. The Morgan fingerprint density at radius 2 is 1.10 bits per heavy atom. The number of phenols is 2. The molecule has 3 aromatic rings. The van der Waals surface area contributed by atoms with Crippen LogP contribution in [-0.2, 0) is 0 Å². The second-order valence-electron chi connectivity index (χ2n) is 4.96. The van der Waals surface area contributed by atoms with Crippen LogP contribution in [0.5, 0.6) is 11.5 Å². The fourth-order valence-corrected chi connectivity index (χ4v) is 2.78. The highest BCUT2D eigenvalue weighted by atomic mass is 16.3. The molecule has 0 spiro atoms. The van der Waals surface area contributed by atoms with Crippen molar-refractivity contribution < 1.29 is 15.0 Å². The molecule has 0 radical (unpaired) electrons. The van der Waals surface area contributed by atoms with Gasteiger partial charge in [-0.3, -0.25) is 4.79 Å². The van der Waals surface area contributed by atoms with Crippen molar-refractivity contribution in [1.29, 1.82) is 0 Å². The summed E-state index contributed by atoms with van der Waals surface area (Å²) in [5.41, 5.74) is 2.53. The summed E-state index contributed by atoms with van der Waals surface area (Å²) in [5, 5.41) is 21.3. The average Bonchev–Trinajstić information content (AvgIpc) is 2.71. The Morgan fingerprint density at radius 1 is 0.650 bits per heavy atom. The van der Waals surface area contributed by atoms with Crippen LogP contribution in [0.4, 0.5) is 0 Å². The van der Waals surface area contributed by atoms with Crippen molar-refractivity contribution in [3.05, 3.63) is 59.7 Å². The van der Waals surface area contributed by atoms with Gasteiger partial charge in [-0.2, -0.15) is 0 Å². The minimum atomic E-state index is -0.269. The maximum absolute atomic E-state index is 12.4. The highest BCUT2D eigenvalue weighted by molar-refractivity contribution is 6.23. The van der Waals surface area contributed by atoms with E-state index in [-0.39, 0.29) is 17.3 Å². The largest absolute Gasteiger partial charge is 0.504 e. The lowest BCUT2D eigenvalue weighted by molar-refractivity contribution is 0.104. The molecule has 20 heavy (non-hydrogen) atoms. The van der Waals surface area contributed by atoms with Crippen molar-refractivity contribution in [1.82, 2.24) is 0 Å². The standard InChI is InChI=1S/C17H10O3/c18-15-7-12-11-5-9-3-1-2-4-10(9)6-13(11)17(20)14(12)8-16(15)19/h1-8,18-19H. The van der Waals surface area contributed by atoms with E-state index in [1.165, 1.54) is 12.1 Å². The maximum Gasteiger partial charge on any atom is 0.194 e. The number of carbonyl (C=O) groups excluding carboxylic acids is 1. The van der Waals surface area contributed by atoms with Gasteiger partial charge < -0.3 is 10.2 Å². The molecule has 0 bridgehead atoms. The molecule has 4 rings (SSSR count). The monoisotopic (exact) mass is 262 g/mol. The smallest absolute Gasteiger partial charge is 0.194 e. The Labute approximate surface area is 114 Å². The lowest BCUT2D eigenvalue weighted by Crippen LogP contribution is -1.94. The van der Waals surface area contributed by atoms with E-state index in [1.807, 2.05) is 36.4 Å². The molecule has 96 valence electrons. The van der Waals surface area contributed by atoms with E-state index < -0.39 is 0 Å². The van der Waals surface area contributed by atoms with Gasteiger partial charge in [-0.25, -0.2) is 0 Å². The molecule has 0 aromatic heterocycles. The SMILES string of the molecule is O=C1c2cc(O)c(O)cc2-c2cc3ccccc3cc21. The summed E-state index contributed by atoms with van der Waals surface area (Å²) in [6, 6.07) is 14.4. The molecule has 0 aliphatic heterocycles. The number of ketones is 1. The maximum atomic E-state index is 12.4. The zero-order chi connectivity index (χ0) is 13.9. The number of aromatic hydroxyl groups is 2. The summed E-state index contributed by atoms with van der Waals surface area (Å²) in [5.74, 6) is -0.594. The number of fused-ring (bicyclic) bond motifs is 4. The van der Waals surface area contributed by atoms with Crippen molar-refractivity contribution in [2.24, 2.45) is 0 Å². The molecule has 0 amide bonds. The van der Waals surface area contributed by atoms with Gasteiger partial charge in [-0.05, 0) is 46.2 Å². The minimum Gasteiger partial charge on any atom is -0.504 e. The molecular weight excluding hydrogens is 252 g/mol. The van der Waals surface area contributed by atoms with Crippen molar-refractivity contribution in [2.45, 2.75) is 0 Å². The first kappa shape index (κ1) is 11.1. The Morgan fingerprint density at radius 3 is 1.75 bits per heavy atom. The van der Waals surface area contributed by atoms with Gasteiger partial charge in [0.05, 0.1) is 0 Å². The van der Waals surface area contributed by atoms with E-state index in [0.29, 0.717) is 16.7 Å². The third-order valence-corrected chi connectivity index (χ3v) is 3.78. The fourth-order valence-electron chi connectivity index (χ4n) is 2.78. The summed E-state index contributed by atoms with van der Waals surface area (Å²) in [6.07, 6.45) is 0. The van der Waals surface area contributed by atoms with Crippen LogP contribution in [-0.4, -0.2) is 16.0 Å². The summed E-state index contributed by atoms with van der Waals surface area (Å²) >= 11 is 0. The van der Waals surface area contributed by atoms with Crippen LogP contribution in [0.25, 0.3) is 21.9 Å². The van der Waals surface area contributed by atoms with Crippen LogP contribution in [0.2, 0.25) is 0 Å². The third kappa shape index (κ3) is 1.32. The van der Waals surface area contributed by atoms with E-state index >= 15 is 0 Å². The second kappa shape index (κ2) is 3.61. The van der Waals surface area contributed by atoms with Gasteiger partial charge in [0.25, 0.3) is 0 Å². The van der Waals surface area contributed by atoms with E-state index in [2.05, 4.69) is 0 Å². The predicted octanol–water partition coefficient (Wildman–Crippen LogP) is 3.46. The zero-order valence-corrected chi connectivity index (χ0v) is 10.4. The van der Waals surface area contributed by atoms with Crippen LogP contribution in [0.1, 0.15) is 15.9 Å². The Bertz CT molecular complexity index is 894. The molecule has 0 fully saturated rings. The quantitative estimate of drug-likeness (QED) is 0.477. The highest BCUT2D eigenvalue weighted by Gasteiger charge is 2.28. The highest BCUT2D eigenvalue weighted by Crippen LogP contribution is 2.43. The van der Waals surface area contributed by atoms with Crippen LogP contribution in [0, 0.1) is 0 Å².